The Bertz CT molecular complexity index is 714. The number of nitrogens with two attached hydrogens (primary N) is 1. The standard InChI is InChI=1S/C13H9Cl2N3O3/c14-8-2-1-3-9(15)12(8)17-13(19)7-4-5-10(16)11(6-7)18(20)21/h1-6H,16H2,(H,17,19). The number of nitro groups is 1. The van der Waals surface area contributed by atoms with E-state index < -0.39 is 10.8 Å². The van der Waals surface area contributed by atoms with Gasteiger partial charge in [0.25, 0.3) is 11.6 Å². The lowest BCUT2D eigenvalue weighted by Crippen LogP contribution is -2.13. The molecule has 0 heterocycles. The van der Waals surface area contributed by atoms with Gasteiger partial charge in [0, 0.05) is 11.6 Å². The Morgan fingerprint density at radius 3 is 2.38 bits per heavy atom. The van der Waals surface area contributed by atoms with Crippen LogP contribution in [0, 0.1) is 10.1 Å². The fraction of sp³-hybridized carbons (Fsp3) is 0. The van der Waals surface area contributed by atoms with E-state index in [1.165, 1.54) is 12.1 Å². The first-order valence-electron chi connectivity index (χ1n) is 5.69. The Balaban J connectivity index is 2.33. The lowest BCUT2D eigenvalue weighted by Gasteiger charge is -2.09. The van der Waals surface area contributed by atoms with Crippen molar-refractivity contribution in [3.05, 3.63) is 62.1 Å². The van der Waals surface area contributed by atoms with Crippen molar-refractivity contribution in [3.63, 3.8) is 0 Å². The number of hydrogen-bond donors (Lipinski definition) is 2. The highest BCUT2D eigenvalue weighted by Crippen LogP contribution is 2.30. The van der Waals surface area contributed by atoms with Crippen molar-refractivity contribution in [2.24, 2.45) is 0 Å². The Hall–Kier alpha value is -2.31. The molecule has 2 aromatic carbocycles. The number of rotatable bonds is 3. The molecule has 0 aliphatic rings. The van der Waals surface area contributed by atoms with E-state index in [4.69, 9.17) is 28.9 Å². The predicted molar refractivity (Wildman–Crippen MR) is 81.9 cm³/mol. The predicted octanol–water partition coefficient (Wildman–Crippen LogP) is 3.74. The van der Waals surface area contributed by atoms with Gasteiger partial charge in [0.2, 0.25) is 0 Å². The lowest BCUT2D eigenvalue weighted by atomic mass is 10.1. The molecule has 2 aromatic rings. The topological polar surface area (TPSA) is 98.3 Å². The number of anilines is 2. The van der Waals surface area contributed by atoms with Crippen LogP contribution in [-0.4, -0.2) is 10.8 Å². The average Bonchev–Trinajstić information content (AvgIpc) is 2.43. The molecule has 0 spiro atoms. The number of carbonyl (C=O) groups is 1. The second-order valence-corrected chi connectivity index (χ2v) is 4.90. The molecule has 108 valence electrons. The van der Waals surface area contributed by atoms with E-state index >= 15 is 0 Å². The van der Waals surface area contributed by atoms with Crippen molar-refractivity contribution >= 4 is 46.2 Å². The molecule has 0 saturated heterocycles. The molecule has 0 saturated carbocycles. The summed E-state index contributed by atoms with van der Waals surface area (Å²) in [6, 6.07) is 8.52. The molecule has 0 aliphatic heterocycles. The van der Waals surface area contributed by atoms with Gasteiger partial charge in [-0.3, -0.25) is 14.9 Å². The molecule has 6 nitrogen and oxygen atoms in total. The molecule has 3 N–H and O–H groups in total. The van der Waals surface area contributed by atoms with E-state index in [9.17, 15) is 14.9 Å². The number of para-hydroxylation sites is 1. The van der Waals surface area contributed by atoms with Crippen LogP contribution in [0.25, 0.3) is 0 Å². The summed E-state index contributed by atoms with van der Waals surface area (Å²) in [5.41, 5.74) is 5.43. The second-order valence-electron chi connectivity index (χ2n) is 4.08. The van der Waals surface area contributed by atoms with Gasteiger partial charge >= 0.3 is 0 Å². The van der Waals surface area contributed by atoms with E-state index in [0.717, 1.165) is 6.07 Å². The normalized spacial score (nSPS) is 10.2. The van der Waals surface area contributed by atoms with Gasteiger partial charge < -0.3 is 11.1 Å². The third kappa shape index (κ3) is 3.24. The number of hydrogen-bond acceptors (Lipinski definition) is 4. The fourth-order valence-corrected chi connectivity index (χ4v) is 2.14. The summed E-state index contributed by atoms with van der Waals surface area (Å²) < 4.78 is 0. The highest BCUT2D eigenvalue weighted by atomic mass is 35.5. The molecule has 0 unspecified atom stereocenters. The molecule has 1 amide bonds. The first-order valence-corrected chi connectivity index (χ1v) is 6.45. The number of nitrogens with zero attached hydrogens (tertiary/aromatic N) is 1. The van der Waals surface area contributed by atoms with Crippen LogP contribution in [-0.2, 0) is 0 Å². The maximum atomic E-state index is 12.1. The van der Waals surface area contributed by atoms with Gasteiger partial charge in [-0.15, -0.1) is 0 Å². The Morgan fingerprint density at radius 1 is 1.19 bits per heavy atom. The summed E-state index contributed by atoms with van der Waals surface area (Å²) in [5.74, 6) is -0.576. The monoisotopic (exact) mass is 325 g/mol. The highest BCUT2D eigenvalue weighted by Gasteiger charge is 2.17. The van der Waals surface area contributed by atoms with Crippen LogP contribution in [0.3, 0.4) is 0 Å². The third-order valence-electron chi connectivity index (χ3n) is 2.69. The van der Waals surface area contributed by atoms with Crippen molar-refractivity contribution in [2.45, 2.75) is 0 Å². The number of benzene rings is 2. The van der Waals surface area contributed by atoms with Crippen molar-refractivity contribution < 1.29 is 9.72 Å². The van der Waals surface area contributed by atoms with Gasteiger partial charge in [-0.05, 0) is 24.3 Å². The minimum absolute atomic E-state index is 0.0210. The fourth-order valence-electron chi connectivity index (χ4n) is 1.65. The van der Waals surface area contributed by atoms with Gasteiger partial charge in [-0.2, -0.15) is 0 Å². The summed E-state index contributed by atoms with van der Waals surface area (Å²) in [7, 11) is 0. The first kappa shape index (κ1) is 15.1. The van der Waals surface area contributed by atoms with Crippen molar-refractivity contribution in [2.75, 3.05) is 11.1 Å². The van der Waals surface area contributed by atoms with Crippen LogP contribution in [0.15, 0.2) is 36.4 Å². The van der Waals surface area contributed by atoms with Crippen molar-refractivity contribution in [3.8, 4) is 0 Å². The SMILES string of the molecule is Nc1ccc(C(=O)Nc2c(Cl)cccc2Cl)cc1[N+](=O)[O-]. The number of carbonyl (C=O) groups excluding carboxylic acids is 1. The molecule has 21 heavy (non-hydrogen) atoms. The molecule has 2 rings (SSSR count). The summed E-state index contributed by atoms with van der Waals surface area (Å²) in [4.78, 5) is 22.3. The minimum atomic E-state index is -0.658. The zero-order valence-electron chi connectivity index (χ0n) is 10.5. The van der Waals surface area contributed by atoms with Crippen LogP contribution in [0.1, 0.15) is 10.4 Å². The van der Waals surface area contributed by atoms with Crippen LogP contribution < -0.4 is 11.1 Å². The average molecular weight is 326 g/mol. The van der Waals surface area contributed by atoms with Crippen molar-refractivity contribution in [1.82, 2.24) is 0 Å². The van der Waals surface area contributed by atoms with E-state index in [1.54, 1.807) is 18.2 Å². The Kier molecular flexibility index (Phi) is 4.30. The van der Waals surface area contributed by atoms with Crippen LogP contribution in [0.5, 0.6) is 0 Å². The molecule has 0 bridgehead atoms. The highest BCUT2D eigenvalue weighted by molar-refractivity contribution is 6.40. The quantitative estimate of drug-likeness (QED) is 0.510. The number of halogens is 2. The maximum Gasteiger partial charge on any atom is 0.292 e. The maximum absolute atomic E-state index is 12.1. The number of nitrogen functional groups attached to an aromatic ring is 1. The number of nitro benzene ring substituents is 1. The van der Waals surface area contributed by atoms with Crippen LogP contribution in [0.4, 0.5) is 17.1 Å². The third-order valence-corrected chi connectivity index (χ3v) is 3.32. The van der Waals surface area contributed by atoms with Crippen LogP contribution in [0.2, 0.25) is 10.0 Å². The van der Waals surface area contributed by atoms with E-state index in [1.807, 2.05) is 0 Å². The molecule has 0 radical (unpaired) electrons. The largest absolute Gasteiger partial charge is 0.393 e. The summed E-state index contributed by atoms with van der Waals surface area (Å²) in [5, 5.41) is 13.9. The molecular weight excluding hydrogens is 317 g/mol. The van der Waals surface area contributed by atoms with Crippen LogP contribution >= 0.6 is 23.2 Å². The minimum Gasteiger partial charge on any atom is -0.393 e. The van der Waals surface area contributed by atoms with Crippen molar-refractivity contribution in [1.29, 1.82) is 0 Å². The van der Waals surface area contributed by atoms with Gasteiger partial charge in [-0.1, -0.05) is 29.3 Å². The molecule has 0 aliphatic carbocycles. The molecular formula is C13H9Cl2N3O3. The zero-order valence-corrected chi connectivity index (χ0v) is 12.0. The van der Waals surface area contributed by atoms with E-state index in [-0.39, 0.29) is 32.7 Å². The van der Waals surface area contributed by atoms with Gasteiger partial charge in [-0.25, -0.2) is 0 Å². The lowest BCUT2D eigenvalue weighted by molar-refractivity contribution is -0.383. The second kappa shape index (κ2) is 5.99. The Labute approximate surface area is 129 Å². The number of amides is 1. The Morgan fingerprint density at radius 2 is 1.81 bits per heavy atom. The molecule has 0 fully saturated rings. The first-order chi connectivity index (χ1) is 9.90. The summed E-state index contributed by atoms with van der Waals surface area (Å²) in [6.45, 7) is 0. The zero-order chi connectivity index (χ0) is 15.6. The molecule has 8 heteroatoms. The summed E-state index contributed by atoms with van der Waals surface area (Å²) >= 11 is 11.9. The van der Waals surface area contributed by atoms with Gasteiger partial charge in [0.15, 0.2) is 0 Å². The van der Waals surface area contributed by atoms with E-state index in [2.05, 4.69) is 5.32 Å². The summed E-state index contributed by atoms with van der Waals surface area (Å²) in [6.07, 6.45) is 0. The van der Waals surface area contributed by atoms with E-state index in [0.29, 0.717) is 0 Å². The van der Waals surface area contributed by atoms with Gasteiger partial charge in [0.05, 0.1) is 20.7 Å². The van der Waals surface area contributed by atoms with Gasteiger partial charge in [0.1, 0.15) is 5.69 Å². The number of nitrogens with one attached hydrogen (secondary N) is 1. The smallest absolute Gasteiger partial charge is 0.292 e. The molecule has 0 aromatic heterocycles. The molecule has 0 atom stereocenters.